The molecule has 1 aromatic carbocycles. The van der Waals surface area contributed by atoms with Gasteiger partial charge in [0.15, 0.2) is 0 Å². The molecule has 8 nitrogen and oxygen atoms in total. The topological polar surface area (TPSA) is 90.0 Å². The van der Waals surface area contributed by atoms with Gasteiger partial charge in [0.25, 0.3) is 5.69 Å². The van der Waals surface area contributed by atoms with Crippen molar-refractivity contribution < 1.29 is 13.7 Å². The van der Waals surface area contributed by atoms with Crippen molar-refractivity contribution in [3.05, 3.63) is 58.3 Å². The Bertz CT molecular complexity index is 1330. The minimum atomic E-state index is -2.60. The number of alkyl halides is 2. The second-order valence-corrected chi connectivity index (χ2v) is 11.0. The Hall–Kier alpha value is -3.43. The van der Waals surface area contributed by atoms with E-state index >= 15 is 0 Å². The number of anilines is 1. The van der Waals surface area contributed by atoms with Crippen molar-refractivity contribution >= 4 is 11.4 Å². The van der Waals surface area contributed by atoms with Crippen LogP contribution in [0, 0.1) is 22.5 Å². The van der Waals surface area contributed by atoms with Gasteiger partial charge < -0.3 is 4.90 Å². The lowest BCUT2D eigenvalue weighted by atomic mass is 9.86. The highest BCUT2D eigenvalue weighted by Gasteiger charge is 2.44. The normalized spacial score (nSPS) is 20.8. The van der Waals surface area contributed by atoms with Crippen LogP contribution >= 0.6 is 0 Å². The van der Waals surface area contributed by atoms with Crippen LogP contribution in [0.1, 0.15) is 68.8 Å². The molecule has 0 atom stereocenters. The molecule has 37 heavy (non-hydrogen) atoms. The number of aryl methyl sites for hydroxylation is 1. The molecule has 6 rings (SSSR count). The average Bonchev–Trinajstić information content (AvgIpc) is 3.44. The zero-order chi connectivity index (χ0) is 25.8. The monoisotopic (exact) mass is 508 g/mol. The maximum atomic E-state index is 13.7. The third-order valence-electron chi connectivity index (χ3n) is 8.37. The second-order valence-electron chi connectivity index (χ2n) is 11.0. The first-order valence-electron chi connectivity index (χ1n) is 13.0. The van der Waals surface area contributed by atoms with Crippen molar-refractivity contribution in [3.8, 4) is 16.9 Å². The summed E-state index contributed by atoms with van der Waals surface area (Å²) >= 11 is 0. The molecule has 2 saturated carbocycles. The van der Waals surface area contributed by atoms with Gasteiger partial charge in [-0.25, -0.2) is 23.4 Å². The average molecular weight is 509 g/mol. The van der Waals surface area contributed by atoms with E-state index in [1.54, 1.807) is 23.0 Å². The Morgan fingerprint density at radius 1 is 1.00 bits per heavy atom. The van der Waals surface area contributed by atoms with E-state index in [4.69, 9.17) is 4.98 Å². The lowest BCUT2D eigenvalue weighted by Gasteiger charge is -2.34. The molecule has 0 unspecified atom stereocenters. The number of hydrogen-bond acceptors (Lipinski definition) is 6. The first-order valence-corrected chi connectivity index (χ1v) is 13.0. The molecule has 194 valence electrons. The maximum Gasteiger partial charge on any atom is 0.271 e. The molecule has 1 saturated heterocycles. The molecule has 3 aromatic rings. The van der Waals surface area contributed by atoms with Gasteiger partial charge in [0.2, 0.25) is 5.92 Å². The van der Waals surface area contributed by atoms with Crippen LogP contribution in [-0.2, 0) is 0 Å². The van der Waals surface area contributed by atoms with Crippen LogP contribution in [0.5, 0.6) is 0 Å². The van der Waals surface area contributed by atoms with E-state index in [0.29, 0.717) is 29.8 Å². The van der Waals surface area contributed by atoms with E-state index in [-0.39, 0.29) is 29.4 Å². The van der Waals surface area contributed by atoms with Gasteiger partial charge >= 0.3 is 0 Å². The smallest absolute Gasteiger partial charge is 0.271 e. The number of piperidine rings is 1. The van der Waals surface area contributed by atoms with E-state index in [1.807, 2.05) is 19.2 Å². The van der Waals surface area contributed by atoms with Crippen LogP contribution in [0.2, 0.25) is 0 Å². The van der Waals surface area contributed by atoms with Crippen LogP contribution in [-0.4, -0.2) is 43.7 Å². The fraction of sp³-hybridized carbons (Fsp3) is 0.519. The van der Waals surface area contributed by atoms with Gasteiger partial charge in [0.05, 0.1) is 28.2 Å². The first-order chi connectivity index (χ1) is 17.7. The second kappa shape index (κ2) is 8.85. The van der Waals surface area contributed by atoms with Crippen LogP contribution in [0.4, 0.5) is 20.2 Å². The quantitative estimate of drug-likeness (QED) is 0.300. The van der Waals surface area contributed by atoms with Gasteiger partial charge in [-0.1, -0.05) is 0 Å². The molecular weight excluding hydrogens is 478 g/mol. The number of nitrogens with zero attached hydrogens (tertiary/aromatic N) is 6. The molecule has 3 heterocycles. The van der Waals surface area contributed by atoms with Crippen molar-refractivity contribution in [2.75, 3.05) is 18.0 Å². The van der Waals surface area contributed by atoms with Gasteiger partial charge in [-0.15, -0.1) is 0 Å². The lowest BCUT2D eigenvalue weighted by molar-refractivity contribution is -0.384. The number of nitro groups is 1. The van der Waals surface area contributed by atoms with Crippen molar-refractivity contribution in [1.29, 1.82) is 0 Å². The van der Waals surface area contributed by atoms with Crippen molar-refractivity contribution in [1.82, 2.24) is 19.7 Å². The summed E-state index contributed by atoms with van der Waals surface area (Å²) < 4.78 is 29.1. The number of rotatable bonds is 5. The highest BCUT2D eigenvalue weighted by Crippen LogP contribution is 2.54. The van der Waals surface area contributed by atoms with Crippen molar-refractivity contribution in [3.63, 3.8) is 0 Å². The molecule has 0 amide bonds. The molecular formula is C27H30F2N6O2. The van der Waals surface area contributed by atoms with E-state index in [2.05, 4.69) is 15.0 Å². The Balaban J connectivity index is 1.30. The number of aromatic nitrogens is 4. The summed E-state index contributed by atoms with van der Waals surface area (Å²) in [6, 6.07) is 6.79. The van der Waals surface area contributed by atoms with Crippen molar-refractivity contribution in [2.24, 2.45) is 5.41 Å². The van der Waals surface area contributed by atoms with Gasteiger partial charge in [-0.05, 0) is 63.0 Å². The molecule has 2 aromatic heterocycles. The summed E-state index contributed by atoms with van der Waals surface area (Å²) in [6.07, 6.45) is 8.86. The van der Waals surface area contributed by atoms with Gasteiger partial charge in [0, 0.05) is 61.4 Å². The van der Waals surface area contributed by atoms with Crippen molar-refractivity contribution in [2.45, 2.75) is 70.1 Å². The van der Waals surface area contributed by atoms with E-state index in [9.17, 15) is 18.9 Å². The number of hydrogen-bond donors (Lipinski definition) is 0. The Morgan fingerprint density at radius 3 is 2.41 bits per heavy atom. The summed E-state index contributed by atoms with van der Waals surface area (Å²) in [5, 5.41) is 16.1. The summed E-state index contributed by atoms with van der Waals surface area (Å²) in [6.45, 7) is 3.63. The Morgan fingerprint density at radius 2 is 1.73 bits per heavy atom. The molecule has 1 aliphatic heterocycles. The zero-order valence-corrected chi connectivity index (χ0v) is 20.9. The number of halogens is 2. The standard InChI is InChI=1S/C27H30F2N6O2/c1-18-14-22(32-25(31-18)19-4-6-27(28,29)7-5-19)20-16-30-34(17-20)23-3-2-21(35(36)37)15-24(23)33-12-10-26(8-9-26)11-13-33/h2-3,14-17,19H,4-13H2,1H3. The number of non-ortho nitro benzene ring substituents is 1. The molecule has 2 aliphatic carbocycles. The molecule has 0 radical (unpaired) electrons. The predicted molar refractivity (Wildman–Crippen MR) is 135 cm³/mol. The summed E-state index contributed by atoms with van der Waals surface area (Å²) in [5.74, 6) is -2.07. The van der Waals surface area contributed by atoms with Crippen LogP contribution < -0.4 is 4.90 Å². The third kappa shape index (κ3) is 4.81. The Labute approximate surface area is 213 Å². The fourth-order valence-corrected chi connectivity index (χ4v) is 5.78. The molecule has 3 fully saturated rings. The van der Waals surface area contributed by atoms with E-state index in [0.717, 1.165) is 48.6 Å². The highest BCUT2D eigenvalue weighted by atomic mass is 19.3. The largest absolute Gasteiger partial charge is 0.370 e. The van der Waals surface area contributed by atoms with Crippen LogP contribution in [0.3, 0.4) is 0 Å². The molecule has 0 N–H and O–H groups in total. The number of benzene rings is 1. The number of nitro benzene ring substituents is 1. The summed E-state index contributed by atoms with van der Waals surface area (Å²) in [5.41, 5.74) is 4.41. The van der Waals surface area contributed by atoms with Gasteiger partial charge in [-0.3, -0.25) is 10.1 Å². The van der Waals surface area contributed by atoms with E-state index < -0.39 is 5.92 Å². The molecule has 3 aliphatic rings. The minimum absolute atomic E-state index is 0.0620. The third-order valence-corrected chi connectivity index (χ3v) is 8.37. The van der Waals surface area contributed by atoms with Crippen LogP contribution in [0.15, 0.2) is 36.7 Å². The van der Waals surface area contributed by atoms with Crippen LogP contribution in [0.25, 0.3) is 16.9 Å². The summed E-state index contributed by atoms with van der Waals surface area (Å²) in [4.78, 5) is 22.7. The fourth-order valence-electron chi connectivity index (χ4n) is 5.78. The SMILES string of the molecule is Cc1cc(-c2cnn(-c3ccc([N+](=O)[O-])cc3N3CCC4(CC3)CC4)c2)nc(C2CCC(F)(F)CC2)n1. The minimum Gasteiger partial charge on any atom is -0.370 e. The maximum absolute atomic E-state index is 13.7. The highest BCUT2D eigenvalue weighted by molar-refractivity contribution is 5.68. The lowest BCUT2D eigenvalue weighted by Crippen LogP contribution is -2.35. The first kappa shape index (κ1) is 23.9. The molecule has 0 bridgehead atoms. The molecule has 1 spiro atoms. The Kier molecular flexibility index (Phi) is 5.72. The molecule has 10 heteroatoms. The van der Waals surface area contributed by atoms with E-state index in [1.165, 1.54) is 18.9 Å². The van der Waals surface area contributed by atoms with Gasteiger partial charge in [0.1, 0.15) is 5.82 Å². The predicted octanol–water partition coefficient (Wildman–Crippen LogP) is 6.22. The van der Waals surface area contributed by atoms with Gasteiger partial charge in [-0.2, -0.15) is 5.10 Å². The zero-order valence-electron chi connectivity index (χ0n) is 20.9. The summed E-state index contributed by atoms with van der Waals surface area (Å²) in [7, 11) is 0.